The van der Waals surface area contributed by atoms with Gasteiger partial charge in [0.05, 0.1) is 0 Å². The Morgan fingerprint density at radius 1 is 1.09 bits per heavy atom. The number of Topliss-reactive ketones (excluding diaryl/α,β-unsaturated/α-hetero) is 1. The van der Waals surface area contributed by atoms with E-state index in [0.717, 1.165) is 23.5 Å². The molecule has 0 spiro atoms. The van der Waals surface area contributed by atoms with Crippen LogP contribution in [0.15, 0.2) is 42.5 Å². The number of ether oxygens (including phenoxy) is 2. The van der Waals surface area contributed by atoms with E-state index in [4.69, 9.17) is 9.47 Å². The first-order valence-corrected chi connectivity index (χ1v) is 7.76. The lowest BCUT2D eigenvalue weighted by molar-refractivity contribution is 0.0893. The first kappa shape index (κ1) is 15.4. The first-order valence-electron chi connectivity index (χ1n) is 7.76. The Kier molecular flexibility index (Phi) is 4.24. The second-order valence-corrected chi connectivity index (χ2v) is 6.07. The number of phenolic OH excluding ortho intramolecular Hbond substituents is 1. The molecule has 0 saturated carbocycles. The van der Waals surface area contributed by atoms with Crippen LogP contribution in [0.25, 0.3) is 0 Å². The highest BCUT2D eigenvalue weighted by molar-refractivity contribution is 5.97. The number of benzene rings is 2. The van der Waals surface area contributed by atoms with Crippen molar-refractivity contribution in [3.8, 4) is 17.2 Å². The van der Waals surface area contributed by atoms with Crippen LogP contribution in [0.4, 0.5) is 0 Å². The fraction of sp³-hybridized carbons (Fsp3) is 0.316. The molecular weight excluding hydrogens is 292 g/mol. The summed E-state index contributed by atoms with van der Waals surface area (Å²) in [5.74, 6) is 1.89. The molecule has 0 aliphatic carbocycles. The fourth-order valence-corrected chi connectivity index (χ4v) is 2.76. The molecule has 0 amide bonds. The molecule has 2 atom stereocenters. The molecule has 1 N–H and O–H groups in total. The summed E-state index contributed by atoms with van der Waals surface area (Å²) in [7, 11) is 0. The smallest absolute Gasteiger partial charge is 0.231 e. The summed E-state index contributed by atoms with van der Waals surface area (Å²) in [6, 6.07) is 12.3. The number of carbonyl (C=O) groups excluding carboxylic acids is 1. The van der Waals surface area contributed by atoms with Gasteiger partial charge in [0.2, 0.25) is 6.79 Å². The number of hydrogen-bond acceptors (Lipinski definition) is 4. The van der Waals surface area contributed by atoms with E-state index in [0.29, 0.717) is 5.56 Å². The molecule has 2 aromatic carbocycles. The predicted octanol–water partition coefficient (Wildman–Crippen LogP) is 3.82. The summed E-state index contributed by atoms with van der Waals surface area (Å²) in [6.45, 7) is 4.30. The Hall–Kier alpha value is -2.49. The van der Waals surface area contributed by atoms with E-state index in [2.05, 4.69) is 6.92 Å². The lowest BCUT2D eigenvalue weighted by Crippen LogP contribution is -2.20. The summed E-state index contributed by atoms with van der Waals surface area (Å²) in [5, 5.41) is 9.32. The Labute approximate surface area is 135 Å². The SMILES string of the molecule is C[C@H](Cc1ccc2c(c1)OCO2)[C@H](C)C(=O)c1ccc(O)cc1. The molecule has 23 heavy (non-hydrogen) atoms. The van der Waals surface area contributed by atoms with Crippen LogP contribution in [0.1, 0.15) is 29.8 Å². The molecule has 1 aliphatic rings. The third-order valence-electron chi connectivity index (χ3n) is 4.41. The monoisotopic (exact) mass is 312 g/mol. The number of phenols is 1. The van der Waals surface area contributed by atoms with E-state index < -0.39 is 0 Å². The van der Waals surface area contributed by atoms with Gasteiger partial charge in [0.1, 0.15) is 5.75 Å². The number of aromatic hydroxyl groups is 1. The topological polar surface area (TPSA) is 55.8 Å². The molecule has 120 valence electrons. The van der Waals surface area contributed by atoms with Crippen molar-refractivity contribution in [2.75, 3.05) is 6.79 Å². The number of rotatable bonds is 5. The third kappa shape index (κ3) is 3.31. The van der Waals surface area contributed by atoms with Crippen molar-refractivity contribution in [1.29, 1.82) is 0 Å². The molecule has 1 aliphatic heterocycles. The fourth-order valence-electron chi connectivity index (χ4n) is 2.76. The molecule has 0 fully saturated rings. The standard InChI is InChI=1S/C19H20O4/c1-12(9-14-3-8-17-18(10-14)23-11-22-17)13(2)19(21)15-4-6-16(20)7-5-15/h3-8,10,12-13,20H,9,11H2,1-2H3/t12-,13+/m1/s1. The zero-order valence-corrected chi connectivity index (χ0v) is 13.3. The molecule has 0 bridgehead atoms. The molecule has 4 nitrogen and oxygen atoms in total. The average Bonchev–Trinajstić information content (AvgIpc) is 3.01. The zero-order chi connectivity index (χ0) is 16.4. The van der Waals surface area contributed by atoms with Crippen molar-refractivity contribution in [2.45, 2.75) is 20.3 Å². The maximum Gasteiger partial charge on any atom is 0.231 e. The van der Waals surface area contributed by atoms with E-state index in [9.17, 15) is 9.90 Å². The molecule has 0 unspecified atom stereocenters. The number of fused-ring (bicyclic) bond motifs is 1. The molecular formula is C19H20O4. The van der Waals surface area contributed by atoms with Crippen LogP contribution in [0.3, 0.4) is 0 Å². The molecule has 0 saturated heterocycles. The van der Waals surface area contributed by atoms with E-state index in [1.54, 1.807) is 24.3 Å². The second-order valence-electron chi connectivity index (χ2n) is 6.07. The van der Waals surface area contributed by atoms with Gasteiger partial charge < -0.3 is 14.6 Å². The Morgan fingerprint density at radius 2 is 1.78 bits per heavy atom. The van der Waals surface area contributed by atoms with Crippen LogP contribution in [0, 0.1) is 11.8 Å². The van der Waals surface area contributed by atoms with Crippen molar-refractivity contribution in [3.05, 3.63) is 53.6 Å². The molecule has 1 heterocycles. The largest absolute Gasteiger partial charge is 0.508 e. The van der Waals surface area contributed by atoms with Crippen LogP contribution in [-0.4, -0.2) is 17.7 Å². The third-order valence-corrected chi connectivity index (χ3v) is 4.41. The van der Waals surface area contributed by atoms with E-state index in [-0.39, 0.29) is 30.2 Å². The predicted molar refractivity (Wildman–Crippen MR) is 87.0 cm³/mol. The Bertz CT molecular complexity index is 706. The van der Waals surface area contributed by atoms with Gasteiger partial charge in [-0.15, -0.1) is 0 Å². The number of ketones is 1. The highest BCUT2D eigenvalue weighted by Crippen LogP contribution is 2.33. The van der Waals surface area contributed by atoms with Crippen molar-refractivity contribution >= 4 is 5.78 Å². The summed E-state index contributed by atoms with van der Waals surface area (Å²) in [6.07, 6.45) is 0.793. The Balaban J connectivity index is 1.68. The lowest BCUT2D eigenvalue weighted by Gasteiger charge is -2.19. The molecule has 0 radical (unpaired) electrons. The molecule has 2 aromatic rings. The minimum atomic E-state index is -0.107. The number of hydrogen-bond donors (Lipinski definition) is 1. The van der Waals surface area contributed by atoms with Crippen LogP contribution in [0.2, 0.25) is 0 Å². The Morgan fingerprint density at radius 3 is 2.52 bits per heavy atom. The van der Waals surface area contributed by atoms with Crippen LogP contribution in [-0.2, 0) is 6.42 Å². The normalized spacial score (nSPS) is 15.2. The average molecular weight is 312 g/mol. The van der Waals surface area contributed by atoms with Gasteiger partial charge in [-0.1, -0.05) is 19.9 Å². The zero-order valence-electron chi connectivity index (χ0n) is 13.3. The minimum absolute atomic E-state index is 0.0956. The van der Waals surface area contributed by atoms with Crippen LogP contribution >= 0.6 is 0 Å². The minimum Gasteiger partial charge on any atom is -0.508 e. The van der Waals surface area contributed by atoms with Gasteiger partial charge in [-0.25, -0.2) is 0 Å². The first-order chi connectivity index (χ1) is 11.0. The van der Waals surface area contributed by atoms with Crippen molar-refractivity contribution in [2.24, 2.45) is 11.8 Å². The van der Waals surface area contributed by atoms with Gasteiger partial charge >= 0.3 is 0 Å². The highest BCUT2D eigenvalue weighted by Gasteiger charge is 2.23. The summed E-state index contributed by atoms with van der Waals surface area (Å²) in [4.78, 5) is 12.5. The van der Waals surface area contributed by atoms with E-state index in [1.165, 1.54) is 0 Å². The van der Waals surface area contributed by atoms with E-state index >= 15 is 0 Å². The highest BCUT2D eigenvalue weighted by atomic mass is 16.7. The van der Waals surface area contributed by atoms with Crippen LogP contribution < -0.4 is 9.47 Å². The lowest BCUT2D eigenvalue weighted by atomic mass is 9.84. The van der Waals surface area contributed by atoms with Gasteiger partial charge in [-0.05, 0) is 54.3 Å². The van der Waals surface area contributed by atoms with Crippen molar-refractivity contribution in [1.82, 2.24) is 0 Å². The molecule has 0 aromatic heterocycles. The van der Waals surface area contributed by atoms with Crippen molar-refractivity contribution < 1.29 is 19.4 Å². The summed E-state index contributed by atoms with van der Waals surface area (Å²) in [5.41, 5.74) is 1.76. The molecule has 4 heteroatoms. The number of carbonyl (C=O) groups is 1. The van der Waals surface area contributed by atoms with Gasteiger partial charge in [0.15, 0.2) is 17.3 Å². The van der Waals surface area contributed by atoms with E-state index in [1.807, 2.05) is 25.1 Å². The van der Waals surface area contributed by atoms with Gasteiger partial charge in [-0.2, -0.15) is 0 Å². The second kappa shape index (κ2) is 6.32. The van der Waals surface area contributed by atoms with Gasteiger partial charge in [0, 0.05) is 11.5 Å². The quantitative estimate of drug-likeness (QED) is 0.853. The summed E-state index contributed by atoms with van der Waals surface area (Å²) < 4.78 is 10.7. The maximum absolute atomic E-state index is 12.5. The molecule has 3 rings (SSSR count). The van der Waals surface area contributed by atoms with Gasteiger partial charge in [-0.3, -0.25) is 4.79 Å². The van der Waals surface area contributed by atoms with Gasteiger partial charge in [0.25, 0.3) is 0 Å². The van der Waals surface area contributed by atoms with Crippen LogP contribution in [0.5, 0.6) is 17.2 Å². The summed E-state index contributed by atoms with van der Waals surface area (Å²) >= 11 is 0. The maximum atomic E-state index is 12.5. The van der Waals surface area contributed by atoms with Crippen molar-refractivity contribution in [3.63, 3.8) is 0 Å².